The molecule has 0 aliphatic carbocycles. The summed E-state index contributed by atoms with van der Waals surface area (Å²) in [5.41, 5.74) is -0.172. The van der Waals surface area contributed by atoms with Gasteiger partial charge in [-0.05, 0) is 25.1 Å². The molecule has 124 valence electrons. The highest BCUT2D eigenvalue weighted by Crippen LogP contribution is 2.35. The van der Waals surface area contributed by atoms with E-state index in [2.05, 4.69) is 5.32 Å². The van der Waals surface area contributed by atoms with E-state index in [4.69, 9.17) is 34.8 Å². The number of amides is 3. The van der Waals surface area contributed by atoms with Crippen molar-refractivity contribution in [3.63, 3.8) is 0 Å². The van der Waals surface area contributed by atoms with Crippen LogP contribution in [0.5, 0.6) is 0 Å². The van der Waals surface area contributed by atoms with Gasteiger partial charge in [-0.25, -0.2) is 4.79 Å². The number of nitrogens with one attached hydrogen (secondary N) is 1. The molecule has 0 saturated carbocycles. The van der Waals surface area contributed by atoms with Crippen LogP contribution in [0.2, 0.25) is 15.1 Å². The lowest BCUT2D eigenvalue weighted by Crippen LogP contribution is -2.41. The molecule has 24 heavy (non-hydrogen) atoms. The van der Waals surface area contributed by atoms with Crippen LogP contribution >= 0.6 is 34.8 Å². The monoisotopic (exact) mass is 382 g/mol. The summed E-state index contributed by atoms with van der Waals surface area (Å²) < 4.78 is 0. The lowest BCUT2D eigenvalue weighted by Gasteiger charge is -2.23. The molecule has 4 nitrogen and oxygen atoms in total. The number of urea groups is 1. The van der Waals surface area contributed by atoms with Crippen molar-refractivity contribution in [3.8, 4) is 0 Å². The van der Waals surface area contributed by atoms with Crippen LogP contribution in [0.3, 0.4) is 0 Å². The van der Waals surface area contributed by atoms with Crippen LogP contribution in [0.1, 0.15) is 18.1 Å². The standard InChI is InChI=1S/C17H13Cl3N2O2/c1-17(11-5-2-3-6-14(11)20)15(23)22(16(24)21-17)9-10-12(18)7-4-8-13(10)19/h2-8H,9H2,1H3,(H,21,24)/t17-/m0/s1. The van der Waals surface area contributed by atoms with Crippen molar-refractivity contribution in [2.75, 3.05) is 0 Å². The fourth-order valence-electron chi connectivity index (χ4n) is 2.73. The highest BCUT2D eigenvalue weighted by molar-refractivity contribution is 6.36. The molecular weight excluding hydrogens is 371 g/mol. The Labute approximate surface area is 154 Å². The summed E-state index contributed by atoms with van der Waals surface area (Å²) >= 11 is 18.5. The molecule has 1 N–H and O–H groups in total. The third-order valence-corrected chi connectivity index (χ3v) is 5.10. The van der Waals surface area contributed by atoms with E-state index in [0.717, 1.165) is 4.90 Å². The van der Waals surface area contributed by atoms with Crippen molar-refractivity contribution in [2.45, 2.75) is 19.0 Å². The highest BCUT2D eigenvalue weighted by atomic mass is 35.5. The molecule has 2 aromatic carbocycles. The molecule has 2 aromatic rings. The molecule has 3 rings (SSSR count). The van der Waals surface area contributed by atoms with Gasteiger partial charge in [0.1, 0.15) is 5.54 Å². The van der Waals surface area contributed by atoms with Crippen LogP contribution in [0, 0.1) is 0 Å². The third-order valence-electron chi connectivity index (χ3n) is 4.07. The first-order valence-electron chi connectivity index (χ1n) is 7.16. The molecule has 1 aliphatic rings. The second-order valence-electron chi connectivity index (χ2n) is 5.63. The van der Waals surface area contributed by atoms with Crippen molar-refractivity contribution in [1.82, 2.24) is 10.2 Å². The zero-order valence-electron chi connectivity index (χ0n) is 12.6. The minimum atomic E-state index is -1.23. The Hall–Kier alpha value is -1.75. The Morgan fingerprint density at radius 2 is 1.54 bits per heavy atom. The number of halogens is 3. The second kappa shape index (κ2) is 6.28. The Bertz CT molecular complexity index is 820. The molecule has 0 spiro atoms. The second-order valence-corrected chi connectivity index (χ2v) is 6.85. The minimum Gasteiger partial charge on any atom is -0.319 e. The average molecular weight is 384 g/mol. The first kappa shape index (κ1) is 17.1. The van der Waals surface area contributed by atoms with Gasteiger partial charge in [-0.2, -0.15) is 0 Å². The van der Waals surface area contributed by atoms with Crippen molar-refractivity contribution >= 4 is 46.7 Å². The van der Waals surface area contributed by atoms with Gasteiger partial charge in [-0.3, -0.25) is 9.69 Å². The molecule has 0 unspecified atom stereocenters. The molecular formula is C17H13Cl3N2O2. The molecule has 0 aromatic heterocycles. The Kier molecular flexibility index (Phi) is 4.47. The normalized spacial score (nSPS) is 20.4. The summed E-state index contributed by atoms with van der Waals surface area (Å²) in [5, 5.41) is 3.92. The number of hydrogen-bond acceptors (Lipinski definition) is 2. The van der Waals surface area contributed by atoms with E-state index >= 15 is 0 Å². The number of carbonyl (C=O) groups is 2. The molecule has 1 aliphatic heterocycles. The average Bonchev–Trinajstić information content (AvgIpc) is 2.75. The van der Waals surface area contributed by atoms with E-state index in [1.807, 2.05) is 0 Å². The van der Waals surface area contributed by atoms with Gasteiger partial charge in [-0.15, -0.1) is 0 Å². The summed E-state index contributed by atoms with van der Waals surface area (Å²) in [7, 11) is 0. The van der Waals surface area contributed by atoms with Gasteiger partial charge >= 0.3 is 6.03 Å². The van der Waals surface area contributed by atoms with Crippen LogP contribution in [0.4, 0.5) is 4.79 Å². The van der Waals surface area contributed by atoms with Gasteiger partial charge in [0.2, 0.25) is 0 Å². The Morgan fingerprint density at radius 3 is 2.17 bits per heavy atom. The first-order chi connectivity index (χ1) is 11.3. The summed E-state index contributed by atoms with van der Waals surface area (Å²) in [6.45, 7) is 1.62. The molecule has 3 amide bonds. The van der Waals surface area contributed by atoms with Crippen LogP contribution in [0.25, 0.3) is 0 Å². The quantitative estimate of drug-likeness (QED) is 0.787. The van der Waals surface area contributed by atoms with E-state index in [1.165, 1.54) is 0 Å². The molecule has 1 heterocycles. The predicted octanol–water partition coefficient (Wildman–Crippen LogP) is 4.61. The topological polar surface area (TPSA) is 49.4 Å². The van der Waals surface area contributed by atoms with Crippen LogP contribution in [0.15, 0.2) is 42.5 Å². The van der Waals surface area contributed by atoms with E-state index in [9.17, 15) is 9.59 Å². The smallest absolute Gasteiger partial charge is 0.319 e. The van der Waals surface area contributed by atoms with Crippen molar-refractivity contribution in [3.05, 3.63) is 68.7 Å². The maximum Gasteiger partial charge on any atom is 0.325 e. The predicted molar refractivity (Wildman–Crippen MR) is 94.3 cm³/mol. The summed E-state index contributed by atoms with van der Waals surface area (Å²) in [6, 6.07) is 11.4. The lowest BCUT2D eigenvalue weighted by atomic mass is 9.92. The summed E-state index contributed by atoms with van der Waals surface area (Å²) in [4.78, 5) is 26.4. The lowest BCUT2D eigenvalue weighted by molar-refractivity contribution is -0.131. The van der Waals surface area contributed by atoms with Crippen LogP contribution in [-0.4, -0.2) is 16.8 Å². The number of carbonyl (C=O) groups excluding carboxylic acids is 2. The molecule has 0 bridgehead atoms. The van der Waals surface area contributed by atoms with Crippen molar-refractivity contribution in [1.29, 1.82) is 0 Å². The van der Waals surface area contributed by atoms with E-state index in [1.54, 1.807) is 49.4 Å². The summed E-state index contributed by atoms with van der Waals surface area (Å²) in [5.74, 6) is -0.406. The SMILES string of the molecule is C[C@@]1(c2ccccc2Cl)NC(=O)N(Cc2c(Cl)cccc2Cl)C1=O. The van der Waals surface area contributed by atoms with E-state index in [0.29, 0.717) is 26.2 Å². The largest absolute Gasteiger partial charge is 0.325 e. The zero-order valence-corrected chi connectivity index (χ0v) is 14.9. The molecule has 1 saturated heterocycles. The molecule has 7 heteroatoms. The maximum atomic E-state index is 12.9. The number of hydrogen-bond donors (Lipinski definition) is 1. The van der Waals surface area contributed by atoms with Crippen LogP contribution < -0.4 is 5.32 Å². The fraction of sp³-hybridized carbons (Fsp3) is 0.176. The highest BCUT2D eigenvalue weighted by Gasteiger charge is 2.49. The minimum absolute atomic E-state index is 0.0107. The van der Waals surface area contributed by atoms with Gasteiger partial charge in [-0.1, -0.05) is 59.1 Å². The Morgan fingerprint density at radius 1 is 0.958 bits per heavy atom. The number of nitrogens with zero attached hydrogens (tertiary/aromatic N) is 1. The van der Waals surface area contributed by atoms with Gasteiger partial charge in [0, 0.05) is 26.2 Å². The molecule has 0 radical (unpaired) electrons. The Balaban J connectivity index is 1.97. The molecule has 1 fully saturated rings. The van der Waals surface area contributed by atoms with Crippen LogP contribution in [-0.2, 0) is 16.9 Å². The zero-order chi connectivity index (χ0) is 17.5. The fourth-order valence-corrected chi connectivity index (χ4v) is 3.57. The van der Waals surface area contributed by atoms with Crippen molar-refractivity contribution in [2.24, 2.45) is 0 Å². The first-order valence-corrected chi connectivity index (χ1v) is 8.30. The van der Waals surface area contributed by atoms with E-state index in [-0.39, 0.29) is 6.54 Å². The number of benzene rings is 2. The van der Waals surface area contributed by atoms with Gasteiger partial charge < -0.3 is 5.32 Å². The van der Waals surface area contributed by atoms with Gasteiger partial charge in [0.15, 0.2) is 0 Å². The number of rotatable bonds is 3. The summed E-state index contributed by atoms with van der Waals surface area (Å²) in [6.07, 6.45) is 0. The molecule has 1 atom stereocenters. The van der Waals surface area contributed by atoms with Gasteiger partial charge in [0.05, 0.1) is 6.54 Å². The van der Waals surface area contributed by atoms with Gasteiger partial charge in [0.25, 0.3) is 5.91 Å². The number of imide groups is 1. The van der Waals surface area contributed by atoms with Crippen molar-refractivity contribution < 1.29 is 9.59 Å². The van der Waals surface area contributed by atoms with E-state index < -0.39 is 17.5 Å². The third kappa shape index (κ3) is 2.75. The maximum absolute atomic E-state index is 12.9.